The number of aryl methyl sites for hydroxylation is 1. The van der Waals surface area contributed by atoms with E-state index in [2.05, 4.69) is 5.10 Å². The van der Waals surface area contributed by atoms with Crippen molar-refractivity contribution in [3.63, 3.8) is 0 Å². The van der Waals surface area contributed by atoms with Gasteiger partial charge in [-0.2, -0.15) is 0 Å². The summed E-state index contributed by atoms with van der Waals surface area (Å²) in [5.41, 5.74) is -2.16. The number of sulfone groups is 1. The van der Waals surface area contributed by atoms with Crippen LogP contribution in [0.15, 0.2) is 5.03 Å². The summed E-state index contributed by atoms with van der Waals surface area (Å²) in [6.07, 6.45) is 1.07. The van der Waals surface area contributed by atoms with Gasteiger partial charge in [0.05, 0.1) is 0 Å². The third kappa shape index (κ3) is 4.63. The van der Waals surface area contributed by atoms with E-state index < -0.39 is 15.3 Å². The maximum Gasteiger partial charge on any atom is 0.257 e. The lowest BCUT2D eigenvalue weighted by Crippen LogP contribution is -2.05. The highest BCUT2D eigenvalue weighted by molar-refractivity contribution is 8.69. The number of rotatable bonds is 5. The molecule has 0 aromatic carbocycles. The predicted octanol–water partition coefficient (Wildman–Crippen LogP) is 2.94. The van der Waals surface area contributed by atoms with Gasteiger partial charge in [-0.3, -0.25) is 4.68 Å². The molecule has 1 heterocycles. The number of hydrogen-bond acceptors (Lipinski definition) is 6. The Labute approximate surface area is 127 Å². The minimum Gasteiger partial charge on any atom is -0.437 e. The molecule has 0 fully saturated rings. The molecule has 10 heteroatoms. The van der Waals surface area contributed by atoms with Crippen LogP contribution in [0.5, 0.6) is 5.88 Å². The predicted molar refractivity (Wildman–Crippen MR) is 84.9 cm³/mol. The van der Waals surface area contributed by atoms with E-state index in [-0.39, 0.29) is 15.9 Å². The van der Waals surface area contributed by atoms with E-state index in [1.165, 1.54) is 23.1 Å². The van der Waals surface area contributed by atoms with Gasteiger partial charge in [-0.1, -0.05) is 36.8 Å². The summed E-state index contributed by atoms with van der Waals surface area (Å²) >= 11 is 13.0. The van der Waals surface area contributed by atoms with Crippen LogP contribution in [0.4, 0.5) is 0 Å². The average Bonchev–Trinajstić information content (AvgIpc) is 2.36. The van der Waals surface area contributed by atoms with Gasteiger partial charge in [0.2, 0.25) is 0 Å². The van der Waals surface area contributed by atoms with E-state index in [1.54, 1.807) is 0 Å². The fourth-order valence-electron chi connectivity index (χ4n) is 1.48. The van der Waals surface area contributed by atoms with Crippen molar-refractivity contribution in [3.8, 4) is 5.88 Å². The maximum absolute atomic E-state index is 11.6. The van der Waals surface area contributed by atoms with Gasteiger partial charge in [0.15, 0.2) is 20.3 Å². The Bertz CT molecular complexity index is 627. The van der Waals surface area contributed by atoms with Gasteiger partial charge >= 0.3 is 0 Å². The quantitative estimate of drug-likeness (QED) is 0.750. The van der Waals surface area contributed by atoms with Gasteiger partial charge in [-0.05, 0) is 11.8 Å². The summed E-state index contributed by atoms with van der Waals surface area (Å²) in [6, 6.07) is 0. The van der Waals surface area contributed by atoms with Crippen LogP contribution < -0.4 is 4.52 Å². The minimum absolute atomic E-state index is 0.00886. The minimum atomic E-state index is -3.46. The van der Waals surface area contributed by atoms with Crippen LogP contribution in [0.25, 0.3) is 0 Å². The smallest absolute Gasteiger partial charge is 0.257 e. The monoisotopic (exact) mass is 362 g/mol. The molecule has 1 aromatic heterocycles. The Balaban J connectivity index is 3.16. The molecule has 0 saturated heterocycles. The molecule has 0 aliphatic carbocycles. The molecular formula is C9H16ClN2O3PS3. The van der Waals surface area contributed by atoms with Crippen molar-refractivity contribution in [2.24, 2.45) is 7.05 Å². The molecule has 1 aromatic rings. The number of aromatic nitrogens is 2. The zero-order valence-corrected chi connectivity index (χ0v) is 15.3. The lowest BCUT2D eigenvalue weighted by atomic mass is 10.6. The van der Waals surface area contributed by atoms with E-state index >= 15 is 0 Å². The van der Waals surface area contributed by atoms with Crippen molar-refractivity contribution in [3.05, 3.63) is 5.02 Å². The molecule has 0 amide bonds. The molecule has 1 atom stereocenters. The van der Waals surface area contributed by atoms with E-state index in [0.717, 1.165) is 6.26 Å². The normalized spacial score (nSPS) is 15.5. The van der Waals surface area contributed by atoms with Crippen LogP contribution in [-0.4, -0.2) is 36.4 Å². The molecule has 1 rings (SSSR count). The molecule has 1 unspecified atom stereocenters. The van der Waals surface area contributed by atoms with Gasteiger partial charge in [0.25, 0.3) is 5.88 Å². The molecule has 0 spiro atoms. The lowest BCUT2D eigenvalue weighted by Gasteiger charge is -2.18. The fourth-order valence-corrected chi connectivity index (χ4v) is 8.74. The van der Waals surface area contributed by atoms with Gasteiger partial charge in [0, 0.05) is 25.2 Å². The van der Waals surface area contributed by atoms with Gasteiger partial charge in [-0.15, -0.1) is 5.10 Å². The summed E-state index contributed by atoms with van der Waals surface area (Å²) < 4.78 is 30.1. The third-order valence-corrected chi connectivity index (χ3v) is 8.48. The van der Waals surface area contributed by atoms with Crippen molar-refractivity contribution >= 4 is 50.1 Å². The third-order valence-electron chi connectivity index (χ3n) is 1.92. The first kappa shape index (κ1) is 17.3. The number of nitrogens with zero attached hydrogens (tertiary/aromatic N) is 2. The zero-order valence-electron chi connectivity index (χ0n) is 11.2. The fraction of sp³-hybridized carbons (Fsp3) is 0.667. The highest BCUT2D eigenvalue weighted by Gasteiger charge is 2.26. The maximum atomic E-state index is 11.6. The second kappa shape index (κ2) is 5.93. The number of hydrogen-bond donors (Lipinski definition) is 0. The van der Waals surface area contributed by atoms with Crippen molar-refractivity contribution in [1.29, 1.82) is 0 Å². The molecule has 0 radical (unpaired) electrons. The van der Waals surface area contributed by atoms with E-state index in [0.29, 0.717) is 5.25 Å². The Morgan fingerprint density at radius 3 is 2.42 bits per heavy atom. The summed E-state index contributed by atoms with van der Waals surface area (Å²) in [6.45, 7) is 5.85. The van der Waals surface area contributed by atoms with Gasteiger partial charge < -0.3 is 4.52 Å². The van der Waals surface area contributed by atoms with Crippen LogP contribution in [0.1, 0.15) is 13.8 Å². The Kier molecular flexibility index (Phi) is 5.40. The first-order valence-electron chi connectivity index (χ1n) is 5.32. The second-order valence-corrected chi connectivity index (χ2v) is 15.0. The summed E-state index contributed by atoms with van der Waals surface area (Å²) in [5, 5.41) is 4.24. The summed E-state index contributed by atoms with van der Waals surface area (Å²) in [4.78, 5) is 0. The highest BCUT2D eigenvalue weighted by Crippen LogP contribution is 2.58. The van der Waals surface area contributed by atoms with Crippen LogP contribution in [0.2, 0.25) is 5.02 Å². The molecule has 0 aliphatic rings. The summed E-state index contributed by atoms with van der Waals surface area (Å²) in [5.74, 6) is 0.0866. The summed E-state index contributed by atoms with van der Waals surface area (Å²) in [7, 11) is -1.96. The first-order chi connectivity index (χ1) is 8.44. The van der Waals surface area contributed by atoms with Crippen LogP contribution in [0, 0.1) is 0 Å². The molecule has 0 bridgehead atoms. The zero-order chi connectivity index (χ0) is 15.0. The molecule has 0 N–H and O–H groups in total. The van der Waals surface area contributed by atoms with Crippen LogP contribution in [0.3, 0.4) is 0 Å². The van der Waals surface area contributed by atoms with Crippen molar-refractivity contribution in [1.82, 2.24) is 9.78 Å². The molecule has 19 heavy (non-hydrogen) atoms. The Hall–Kier alpha value is 0.250. The SMILES string of the molecule is CC(C)SP(C)(=S)Oc1nn(C)c(S(C)(=O)=O)c1Cl. The van der Waals surface area contributed by atoms with Gasteiger partial charge in [0.1, 0.15) is 5.02 Å². The largest absolute Gasteiger partial charge is 0.437 e. The highest BCUT2D eigenvalue weighted by atomic mass is 35.5. The molecule has 110 valence electrons. The topological polar surface area (TPSA) is 61.2 Å². The van der Waals surface area contributed by atoms with E-state index in [4.69, 9.17) is 27.9 Å². The van der Waals surface area contributed by atoms with E-state index in [9.17, 15) is 8.42 Å². The van der Waals surface area contributed by atoms with Crippen molar-refractivity contribution in [2.75, 3.05) is 12.9 Å². The van der Waals surface area contributed by atoms with E-state index in [1.807, 2.05) is 20.5 Å². The first-order valence-corrected chi connectivity index (χ1v) is 12.2. The molecule has 0 aliphatic heterocycles. The van der Waals surface area contributed by atoms with Crippen molar-refractivity contribution < 1.29 is 12.9 Å². The standard InChI is InChI=1S/C9H16ClN2O3PS3/c1-6(2)18-16(4,17)15-8-7(10)9(12(3)11-8)19(5,13)14/h6H,1-5H3. The Morgan fingerprint density at radius 2 is 2.05 bits per heavy atom. The Morgan fingerprint density at radius 1 is 1.53 bits per heavy atom. The molecule has 5 nitrogen and oxygen atoms in total. The van der Waals surface area contributed by atoms with Crippen LogP contribution in [-0.2, 0) is 28.7 Å². The van der Waals surface area contributed by atoms with Gasteiger partial charge in [-0.25, -0.2) is 8.42 Å². The number of halogens is 1. The molecular weight excluding hydrogens is 347 g/mol. The lowest BCUT2D eigenvalue weighted by molar-refractivity contribution is 0.562. The average molecular weight is 363 g/mol. The van der Waals surface area contributed by atoms with Crippen LogP contribution >= 0.6 is 28.4 Å². The van der Waals surface area contributed by atoms with Crippen molar-refractivity contribution in [2.45, 2.75) is 24.1 Å². The molecule has 0 saturated carbocycles. The second-order valence-electron chi connectivity index (χ2n) is 4.34.